The number of hydrogen-bond acceptors (Lipinski definition) is 6. The molecule has 0 aliphatic carbocycles. The maximum absolute atomic E-state index is 14.7. The maximum atomic E-state index is 14.7. The molecular weight excluding hydrogens is 386 g/mol. The van der Waals surface area contributed by atoms with Gasteiger partial charge in [-0.25, -0.2) is 18.4 Å². The molecule has 3 rings (SSSR count). The van der Waals surface area contributed by atoms with E-state index in [4.69, 9.17) is 15.2 Å². The second kappa shape index (κ2) is 8.02. The number of halogens is 2. The normalized spacial score (nSPS) is 20.1. The van der Waals surface area contributed by atoms with Gasteiger partial charge in [0.25, 0.3) is 0 Å². The van der Waals surface area contributed by atoms with Gasteiger partial charge in [0.2, 0.25) is 0 Å². The molecule has 2 saturated heterocycles. The van der Waals surface area contributed by atoms with Gasteiger partial charge in [0.1, 0.15) is 17.4 Å². The number of amides is 2. The first-order valence-electron chi connectivity index (χ1n) is 9.49. The van der Waals surface area contributed by atoms with Gasteiger partial charge in [-0.15, -0.1) is 0 Å². The molecule has 0 unspecified atom stereocenters. The number of nitrogens with zero attached hydrogens (tertiary/aromatic N) is 3. The molecule has 160 valence electrons. The summed E-state index contributed by atoms with van der Waals surface area (Å²) in [7, 11) is 0. The lowest BCUT2D eigenvalue weighted by atomic mass is 10.2. The van der Waals surface area contributed by atoms with Crippen molar-refractivity contribution in [3.8, 4) is 0 Å². The van der Waals surface area contributed by atoms with Crippen LogP contribution in [0, 0.1) is 11.6 Å². The van der Waals surface area contributed by atoms with E-state index in [1.165, 1.54) is 4.90 Å². The molecule has 0 bridgehead atoms. The topological polar surface area (TPSA) is 88.3 Å². The van der Waals surface area contributed by atoms with E-state index < -0.39 is 35.5 Å². The number of carbonyl (C=O) groups is 2. The molecule has 10 heteroatoms. The second-order valence-electron chi connectivity index (χ2n) is 8.06. The van der Waals surface area contributed by atoms with Gasteiger partial charge in [-0.1, -0.05) is 0 Å². The molecule has 2 amide bonds. The third kappa shape index (κ3) is 4.69. The van der Waals surface area contributed by atoms with E-state index in [9.17, 15) is 18.4 Å². The Morgan fingerprint density at radius 2 is 1.79 bits per heavy atom. The number of benzene rings is 1. The maximum Gasteiger partial charge on any atom is 0.414 e. The Kier molecular flexibility index (Phi) is 5.83. The highest BCUT2D eigenvalue weighted by atomic mass is 19.1. The van der Waals surface area contributed by atoms with E-state index in [0.717, 1.165) is 17.0 Å². The zero-order chi connectivity index (χ0) is 21.3. The molecular formula is C19H26F2N4O4. The van der Waals surface area contributed by atoms with E-state index in [2.05, 4.69) is 0 Å². The third-order valence-electron chi connectivity index (χ3n) is 4.70. The lowest BCUT2D eigenvalue weighted by Crippen LogP contribution is -2.50. The summed E-state index contributed by atoms with van der Waals surface area (Å²) in [6.07, 6.45) is -1.64. The van der Waals surface area contributed by atoms with Gasteiger partial charge in [0.15, 0.2) is 11.6 Å². The minimum atomic E-state index is -0.783. The number of hydrogen-bond donors (Lipinski definition) is 1. The number of nitrogens with two attached hydrogens (primary N) is 1. The smallest absolute Gasteiger partial charge is 0.414 e. The minimum Gasteiger partial charge on any atom is -0.444 e. The van der Waals surface area contributed by atoms with Crippen molar-refractivity contribution < 1.29 is 27.8 Å². The predicted octanol–water partition coefficient (Wildman–Crippen LogP) is 2.31. The third-order valence-corrected chi connectivity index (χ3v) is 4.70. The molecule has 1 aromatic rings. The highest BCUT2D eigenvalue weighted by Crippen LogP contribution is 2.31. The van der Waals surface area contributed by atoms with Crippen molar-refractivity contribution in [1.82, 2.24) is 4.90 Å². The quantitative estimate of drug-likeness (QED) is 0.820. The number of carbonyl (C=O) groups excluding carboxylic acids is 2. The van der Waals surface area contributed by atoms with Crippen molar-refractivity contribution in [3.63, 3.8) is 0 Å². The lowest BCUT2D eigenvalue weighted by molar-refractivity contribution is 0.0240. The predicted molar refractivity (Wildman–Crippen MR) is 103 cm³/mol. The number of anilines is 2. The molecule has 1 atom stereocenters. The van der Waals surface area contributed by atoms with Crippen molar-refractivity contribution >= 4 is 23.6 Å². The summed E-state index contributed by atoms with van der Waals surface area (Å²) in [6.45, 7) is 6.69. The van der Waals surface area contributed by atoms with Crippen molar-refractivity contribution in [2.45, 2.75) is 32.5 Å². The first-order chi connectivity index (χ1) is 13.6. The van der Waals surface area contributed by atoms with Crippen LogP contribution < -0.4 is 15.5 Å². The average molecular weight is 412 g/mol. The molecule has 0 aromatic heterocycles. The van der Waals surface area contributed by atoms with Crippen LogP contribution in [0.4, 0.5) is 29.7 Å². The van der Waals surface area contributed by atoms with Crippen molar-refractivity contribution in [3.05, 3.63) is 23.8 Å². The standard InChI is InChI=1S/C19H26F2N4O4/c1-19(2,3)29-17(26)24-6-4-23(5-7-24)16-14(20)8-12(9-15(16)21)25-11-13(10-22)28-18(25)27/h8-9,13H,4-7,10-11,22H2,1-3H3/t13-/m0/s1. The molecule has 0 radical (unpaired) electrons. The van der Waals surface area contributed by atoms with Crippen LogP contribution in [0.15, 0.2) is 12.1 Å². The number of cyclic esters (lactones) is 1. The van der Waals surface area contributed by atoms with E-state index in [1.54, 1.807) is 25.7 Å². The van der Waals surface area contributed by atoms with E-state index >= 15 is 0 Å². The van der Waals surface area contributed by atoms with Crippen LogP contribution >= 0.6 is 0 Å². The van der Waals surface area contributed by atoms with Gasteiger partial charge >= 0.3 is 12.2 Å². The Labute approximate surface area is 168 Å². The molecule has 2 aliphatic rings. The van der Waals surface area contributed by atoms with Crippen LogP contribution in [0.25, 0.3) is 0 Å². The Bertz CT molecular complexity index is 768. The lowest BCUT2D eigenvalue weighted by Gasteiger charge is -2.37. The van der Waals surface area contributed by atoms with E-state index in [0.29, 0.717) is 0 Å². The first-order valence-corrected chi connectivity index (χ1v) is 9.49. The largest absolute Gasteiger partial charge is 0.444 e. The summed E-state index contributed by atoms with van der Waals surface area (Å²) in [6, 6.07) is 2.22. The average Bonchev–Trinajstić information content (AvgIpc) is 3.01. The minimum absolute atomic E-state index is 0.0806. The van der Waals surface area contributed by atoms with Crippen LogP contribution in [-0.2, 0) is 9.47 Å². The summed E-state index contributed by atoms with van der Waals surface area (Å²) < 4.78 is 39.8. The second-order valence-corrected chi connectivity index (χ2v) is 8.06. The molecule has 29 heavy (non-hydrogen) atoms. The summed E-state index contributed by atoms with van der Waals surface area (Å²) in [4.78, 5) is 28.3. The van der Waals surface area contributed by atoms with Crippen LogP contribution in [0.1, 0.15) is 20.8 Å². The van der Waals surface area contributed by atoms with Gasteiger partial charge in [-0.3, -0.25) is 4.90 Å². The number of piperazine rings is 1. The van der Waals surface area contributed by atoms with Crippen LogP contribution in [0.2, 0.25) is 0 Å². The van der Waals surface area contributed by atoms with Gasteiger partial charge in [0, 0.05) is 44.9 Å². The molecule has 0 saturated carbocycles. The summed E-state index contributed by atoms with van der Waals surface area (Å²) in [5.74, 6) is -1.57. The van der Waals surface area contributed by atoms with Crippen molar-refractivity contribution in [2.24, 2.45) is 5.73 Å². The monoisotopic (exact) mass is 412 g/mol. The number of ether oxygens (including phenoxy) is 2. The Morgan fingerprint density at radius 1 is 1.21 bits per heavy atom. The highest BCUT2D eigenvalue weighted by Gasteiger charge is 2.33. The molecule has 1 aromatic carbocycles. The first kappa shape index (κ1) is 21.1. The fraction of sp³-hybridized carbons (Fsp3) is 0.579. The van der Waals surface area contributed by atoms with Gasteiger partial charge < -0.3 is 25.0 Å². The zero-order valence-corrected chi connectivity index (χ0v) is 16.8. The van der Waals surface area contributed by atoms with Crippen LogP contribution in [0.5, 0.6) is 0 Å². The zero-order valence-electron chi connectivity index (χ0n) is 16.8. The summed E-state index contributed by atoms with van der Waals surface area (Å²) in [5, 5.41) is 0. The molecule has 2 fully saturated rings. The van der Waals surface area contributed by atoms with E-state index in [-0.39, 0.29) is 50.6 Å². The summed E-state index contributed by atoms with van der Waals surface area (Å²) in [5.41, 5.74) is 4.78. The fourth-order valence-corrected chi connectivity index (χ4v) is 3.30. The van der Waals surface area contributed by atoms with Crippen molar-refractivity contribution in [2.75, 3.05) is 49.1 Å². The molecule has 2 N–H and O–H groups in total. The molecule has 8 nitrogen and oxygen atoms in total. The Hall–Kier alpha value is -2.62. The SMILES string of the molecule is CC(C)(C)OC(=O)N1CCN(c2c(F)cc(N3C[C@H](CN)OC3=O)cc2F)CC1. The fourth-order valence-electron chi connectivity index (χ4n) is 3.30. The van der Waals surface area contributed by atoms with Crippen LogP contribution in [0.3, 0.4) is 0 Å². The Balaban J connectivity index is 1.70. The molecule has 2 heterocycles. The summed E-state index contributed by atoms with van der Waals surface area (Å²) >= 11 is 0. The number of rotatable bonds is 3. The molecule has 2 aliphatic heterocycles. The van der Waals surface area contributed by atoms with Crippen molar-refractivity contribution in [1.29, 1.82) is 0 Å². The van der Waals surface area contributed by atoms with Gasteiger partial charge in [-0.2, -0.15) is 0 Å². The van der Waals surface area contributed by atoms with E-state index in [1.807, 2.05) is 0 Å². The highest BCUT2D eigenvalue weighted by molar-refractivity contribution is 5.90. The Morgan fingerprint density at radius 3 is 2.28 bits per heavy atom. The van der Waals surface area contributed by atoms with Gasteiger partial charge in [-0.05, 0) is 20.8 Å². The molecule has 0 spiro atoms. The van der Waals surface area contributed by atoms with Gasteiger partial charge in [0.05, 0.1) is 12.2 Å². The van der Waals surface area contributed by atoms with Crippen LogP contribution in [-0.4, -0.2) is 68.1 Å².